The van der Waals surface area contributed by atoms with Gasteiger partial charge in [0.1, 0.15) is 6.04 Å². The Hall–Kier alpha value is -2.15. The molecule has 138 valence electrons. The summed E-state index contributed by atoms with van der Waals surface area (Å²) in [5.41, 5.74) is 3.10. The maximum Gasteiger partial charge on any atom is 0.226 e. The van der Waals surface area contributed by atoms with E-state index in [0.717, 1.165) is 27.1 Å². The molecule has 0 saturated carbocycles. The fourth-order valence-electron chi connectivity index (χ4n) is 3.11. The first-order valence-corrected chi connectivity index (χ1v) is 9.87. The van der Waals surface area contributed by atoms with Gasteiger partial charge < -0.3 is 10.4 Å². The number of aliphatic hydroxyl groups is 1. The minimum Gasteiger partial charge on any atom is -0.396 e. The van der Waals surface area contributed by atoms with Crippen LogP contribution in [0.1, 0.15) is 29.4 Å². The Labute approximate surface area is 170 Å². The van der Waals surface area contributed by atoms with Crippen LogP contribution in [0.25, 0.3) is 5.70 Å². The molecule has 27 heavy (non-hydrogen) atoms. The first-order valence-electron chi connectivity index (χ1n) is 8.70. The number of aryl methyl sites for hydroxylation is 1. The third-order valence-electron chi connectivity index (χ3n) is 4.41. The Kier molecular flexibility index (Phi) is 5.29. The van der Waals surface area contributed by atoms with E-state index in [1.165, 1.54) is 0 Å². The van der Waals surface area contributed by atoms with Crippen LogP contribution in [-0.4, -0.2) is 26.5 Å². The zero-order valence-electron chi connectivity index (χ0n) is 14.4. The van der Waals surface area contributed by atoms with Crippen molar-refractivity contribution in [2.45, 2.75) is 18.9 Å². The number of nitrogens with zero attached hydrogens (tertiary/aromatic N) is 3. The van der Waals surface area contributed by atoms with Crippen molar-refractivity contribution in [1.29, 1.82) is 0 Å². The summed E-state index contributed by atoms with van der Waals surface area (Å²) in [6, 6.07) is 15.8. The molecule has 1 atom stereocenters. The van der Waals surface area contributed by atoms with Crippen LogP contribution in [0.5, 0.6) is 0 Å². The number of fused-ring (bicyclic) bond motifs is 1. The average molecular weight is 446 g/mol. The van der Waals surface area contributed by atoms with E-state index in [2.05, 4.69) is 49.5 Å². The summed E-state index contributed by atoms with van der Waals surface area (Å²) in [5.74, 6) is 1.41. The minimum atomic E-state index is -0.0835. The van der Waals surface area contributed by atoms with Crippen molar-refractivity contribution in [1.82, 2.24) is 14.8 Å². The number of hydrogen-bond donors (Lipinski definition) is 2. The van der Waals surface area contributed by atoms with E-state index in [1.54, 1.807) is 0 Å². The van der Waals surface area contributed by atoms with Crippen LogP contribution < -0.4 is 5.32 Å². The monoisotopic (exact) mass is 444 g/mol. The number of allylic oxidation sites excluding steroid dienone is 1. The normalized spacial score (nSPS) is 15.8. The average Bonchev–Trinajstić information content (AvgIpc) is 3.09. The van der Waals surface area contributed by atoms with Gasteiger partial charge in [0.15, 0.2) is 5.82 Å². The molecule has 0 saturated heterocycles. The van der Waals surface area contributed by atoms with Crippen molar-refractivity contribution in [3.63, 3.8) is 0 Å². The SMILES string of the molecule is OCCCc1nc2n(n1)[C@H](c1cccc(Br)c1)C=C(c1ccc(Cl)cc1)N2. The first-order chi connectivity index (χ1) is 13.1. The maximum atomic E-state index is 9.10. The van der Waals surface area contributed by atoms with E-state index in [0.29, 0.717) is 23.8 Å². The van der Waals surface area contributed by atoms with Gasteiger partial charge in [-0.15, -0.1) is 0 Å². The van der Waals surface area contributed by atoms with Gasteiger partial charge in [0, 0.05) is 28.2 Å². The van der Waals surface area contributed by atoms with Crippen LogP contribution >= 0.6 is 27.5 Å². The van der Waals surface area contributed by atoms with Gasteiger partial charge in [-0.1, -0.05) is 51.8 Å². The molecule has 0 fully saturated rings. The Bertz CT molecular complexity index is 984. The van der Waals surface area contributed by atoms with Crippen LogP contribution in [0.2, 0.25) is 5.02 Å². The quantitative estimate of drug-likeness (QED) is 0.599. The number of benzene rings is 2. The molecule has 2 heterocycles. The number of nitrogens with one attached hydrogen (secondary N) is 1. The second-order valence-electron chi connectivity index (χ2n) is 6.34. The predicted molar refractivity (Wildman–Crippen MR) is 111 cm³/mol. The number of anilines is 1. The highest BCUT2D eigenvalue weighted by atomic mass is 79.9. The van der Waals surface area contributed by atoms with Crippen LogP contribution in [-0.2, 0) is 6.42 Å². The van der Waals surface area contributed by atoms with Gasteiger partial charge >= 0.3 is 0 Å². The summed E-state index contributed by atoms with van der Waals surface area (Å²) < 4.78 is 2.91. The summed E-state index contributed by atoms with van der Waals surface area (Å²) in [7, 11) is 0. The highest BCUT2D eigenvalue weighted by molar-refractivity contribution is 9.10. The molecule has 1 aromatic heterocycles. The minimum absolute atomic E-state index is 0.0835. The lowest BCUT2D eigenvalue weighted by Crippen LogP contribution is -2.20. The predicted octanol–water partition coefficient (Wildman–Crippen LogP) is 4.67. The van der Waals surface area contributed by atoms with E-state index in [4.69, 9.17) is 16.7 Å². The van der Waals surface area contributed by atoms with E-state index >= 15 is 0 Å². The van der Waals surface area contributed by atoms with E-state index in [9.17, 15) is 0 Å². The van der Waals surface area contributed by atoms with Gasteiger partial charge in [0.25, 0.3) is 0 Å². The van der Waals surface area contributed by atoms with Gasteiger partial charge in [0.05, 0.1) is 0 Å². The molecule has 0 amide bonds. The lowest BCUT2D eigenvalue weighted by molar-refractivity contribution is 0.287. The molecule has 0 unspecified atom stereocenters. The van der Waals surface area contributed by atoms with Crippen LogP contribution in [0.4, 0.5) is 5.95 Å². The first kappa shape index (κ1) is 18.2. The van der Waals surface area contributed by atoms with Gasteiger partial charge in [-0.2, -0.15) is 10.1 Å². The fraction of sp³-hybridized carbons (Fsp3) is 0.200. The number of aromatic nitrogens is 3. The molecule has 5 nitrogen and oxygen atoms in total. The van der Waals surface area contributed by atoms with Crippen molar-refractivity contribution in [3.8, 4) is 0 Å². The molecule has 2 aromatic carbocycles. The van der Waals surface area contributed by atoms with E-state index in [-0.39, 0.29) is 12.6 Å². The molecular weight excluding hydrogens is 428 g/mol. The van der Waals surface area contributed by atoms with Gasteiger partial charge in [-0.05, 0) is 47.9 Å². The summed E-state index contributed by atoms with van der Waals surface area (Å²) in [6.45, 7) is 0.126. The standard InChI is InChI=1S/C20H18BrClN4O/c21-15-4-1-3-14(11-15)18-12-17(13-6-8-16(22)9-7-13)23-20-24-19(5-2-10-27)25-26(18)20/h1,3-4,6-9,11-12,18,27H,2,5,10H2,(H,23,24,25)/t18-/m0/s1. The molecule has 0 bridgehead atoms. The van der Waals surface area contributed by atoms with Gasteiger partial charge in [0.2, 0.25) is 5.95 Å². The zero-order chi connectivity index (χ0) is 18.8. The number of aliphatic hydroxyl groups excluding tert-OH is 1. The molecule has 0 spiro atoms. The molecule has 7 heteroatoms. The number of rotatable bonds is 5. The van der Waals surface area contributed by atoms with Crippen LogP contribution in [0.15, 0.2) is 59.1 Å². The van der Waals surface area contributed by atoms with Gasteiger partial charge in [-0.3, -0.25) is 0 Å². The summed E-state index contributed by atoms with van der Waals surface area (Å²) in [5, 5.41) is 17.8. The summed E-state index contributed by atoms with van der Waals surface area (Å²) >= 11 is 9.59. The zero-order valence-corrected chi connectivity index (χ0v) is 16.8. The topological polar surface area (TPSA) is 63.0 Å². The molecular formula is C20H18BrClN4O. The Morgan fingerprint density at radius 1 is 1.19 bits per heavy atom. The summed E-state index contributed by atoms with van der Waals surface area (Å²) in [4.78, 5) is 4.63. The number of halogens is 2. The van der Waals surface area contributed by atoms with E-state index < -0.39 is 0 Å². The Morgan fingerprint density at radius 2 is 2.00 bits per heavy atom. The third-order valence-corrected chi connectivity index (χ3v) is 5.16. The molecule has 0 aliphatic carbocycles. The lowest BCUT2D eigenvalue weighted by Gasteiger charge is -2.24. The van der Waals surface area contributed by atoms with Crippen molar-refractivity contribution < 1.29 is 5.11 Å². The van der Waals surface area contributed by atoms with Crippen molar-refractivity contribution in [3.05, 3.63) is 81.1 Å². The van der Waals surface area contributed by atoms with Crippen LogP contribution in [0.3, 0.4) is 0 Å². The second-order valence-corrected chi connectivity index (χ2v) is 7.69. The molecule has 2 N–H and O–H groups in total. The van der Waals surface area contributed by atoms with Crippen molar-refractivity contribution in [2.24, 2.45) is 0 Å². The molecule has 3 aromatic rings. The van der Waals surface area contributed by atoms with Crippen molar-refractivity contribution >= 4 is 39.2 Å². The largest absolute Gasteiger partial charge is 0.396 e. The highest BCUT2D eigenvalue weighted by Gasteiger charge is 2.25. The van der Waals surface area contributed by atoms with Gasteiger partial charge in [-0.25, -0.2) is 4.68 Å². The molecule has 0 radical (unpaired) electrons. The summed E-state index contributed by atoms with van der Waals surface area (Å²) in [6.07, 6.45) is 3.42. The molecule has 4 rings (SSSR count). The Balaban J connectivity index is 1.77. The second kappa shape index (κ2) is 7.84. The Morgan fingerprint density at radius 3 is 2.74 bits per heavy atom. The smallest absolute Gasteiger partial charge is 0.226 e. The molecule has 1 aliphatic heterocycles. The van der Waals surface area contributed by atoms with E-state index in [1.807, 2.05) is 41.1 Å². The van der Waals surface area contributed by atoms with Crippen LogP contribution in [0, 0.1) is 0 Å². The van der Waals surface area contributed by atoms with Crippen molar-refractivity contribution in [2.75, 3.05) is 11.9 Å². The number of hydrogen-bond acceptors (Lipinski definition) is 4. The highest BCUT2D eigenvalue weighted by Crippen LogP contribution is 2.33. The lowest BCUT2D eigenvalue weighted by atomic mass is 10.0. The molecule has 1 aliphatic rings. The maximum absolute atomic E-state index is 9.10. The third kappa shape index (κ3) is 3.93. The fourth-order valence-corrected chi connectivity index (χ4v) is 3.65.